The van der Waals surface area contributed by atoms with Crippen molar-refractivity contribution in [1.29, 1.82) is 0 Å². The lowest BCUT2D eigenvalue weighted by molar-refractivity contribution is 0.575. The third kappa shape index (κ3) is 3.11. The number of halogens is 1. The van der Waals surface area contributed by atoms with E-state index in [1.807, 2.05) is 0 Å². The monoisotopic (exact) mass is 302 g/mol. The van der Waals surface area contributed by atoms with Crippen LogP contribution in [0, 0.1) is 12.8 Å². The summed E-state index contributed by atoms with van der Waals surface area (Å²) in [7, 11) is -3.52. The van der Waals surface area contributed by atoms with Gasteiger partial charge < -0.3 is 5.73 Å². The second-order valence-electron chi connectivity index (χ2n) is 5.02. The Bertz CT molecular complexity index is 587. The fraction of sp³-hybridized carbons (Fsp3) is 0.538. The largest absolute Gasteiger partial charge is 0.326 e. The van der Waals surface area contributed by atoms with Crippen molar-refractivity contribution in [3.8, 4) is 0 Å². The lowest BCUT2D eigenvalue weighted by atomic mass is 10.1. The third-order valence-electron chi connectivity index (χ3n) is 3.70. The first-order valence-corrected chi connectivity index (χ1v) is 8.26. The molecule has 0 bridgehead atoms. The molecule has 1 saturated carbocycles. The average Bonchev–Trinajstić information content (AvgIpc) is 3.09. The minimum atomic E-state index is -3.52. The van der Waals surface area contributed by atoms with E-state index < -0.39 is 10.0 Å². The van der Waals surface area contributed by atoms with Crippen LogP contribution in [0.25, 0.3) is 0 Å². The summed E-state index contributed by atoms with van der Waals surface area (Å²) < 4.78 is 27.5. The first kappa shape index (κ1) is 14.8. The minimum Gasteiger partial charge on any atom is -0.326 e. The van der Waals surface area contributed by atoms with Crippen LogP contribution in [-0.2, 0) is 16.6 Å². The molecule has 0 aliphatic heterocycles. The Balaban J connectivity index is 2.32. The van der Waals surface area contributed by atoms with Crippen molar-refractivity contribution in [2.24, 2.45) is 11.7 Å². The van der Waals surface area contributed by atoms with Crippen molar-refractivity contribution in [2.75, 3.05) is 0 Å². The van der Waals surface area contributed by atoms with Gasteiger partial charge in [-0.25, -0.2) is 13.1 Å². The molecule has 0 radical (unpaired) electrons. The van der Waals surface area contributed by atoms with Crippen LogP contribution >= 0.6 is 11.6 Å². The fourth-order valence-corrected chi connectivity index (χ4v) is 4.24. The van der Waals surface area contributed by atoms with E-state index in [1.54, 1.807) is 13.0 Å². The van der Waals surface area contributed by atoms with Gasteiger partial charge in [-0.1, -0.05) is 24.9 Å². The van der Waals surface area contributed by atoms with E-state index in [1.165, 1.54) is 6.07 Å². The van der Waals surface area contributed by atoms with Crippen LogP contribution in [0.2, 0.25) is 5.02 Å². The van der Waals surface area contributed by atoms with Gasteiger partial charge >= 0.3 is 0 Å². The Morgan fingerprint density at radius 3 is 2.68 bits per heavy atom. The first-order valence-electron chi connectivity index (χ1n) is 6.40. The van der Waals surface area contributed by atoms with E-state index in [2.05, 4.69) is 11.6 Å². The quantitative estimate of drug-likeness (QED) is 0.875. The van der Waals surface area contributed by atoms with Crippen LogP contribution in [0.5, 0.6) is 0 Å². The van der Waals surface area contributed by atoms with Gasteiger partial charge in [0.25, 0.3) is 0 Å². The maximum Gasteiger partial charge on any atom is 0.241 e. The molecule has 4 nitrogen and oxygen atoms in total. The zero-order valence-corrected chi connectivity index (χ0v) is 12.7. The molecule has 19 heavy (non-hydrogen) atoms. The van der Waals surface area contributed by atoms with E-state index in [4.69, 9.17) is 17.3 Å². The summed E-state index contributed by atoms with van der Waals surface area (Å²) in [6.45, 7) is 4.10. The molecule has 3 N–H and O–H groups in total. The van der Waals surface area contributed by atoms with Crippen molar-refractivity contribution in [3.05, 3.63) is 28.3 Å². The van der Waals surface area contributed by atoms with E-state index in [-0.39, 0.29) is 17.5 Å². The zero-order valence-electron chi connectivity index (χ0n) is 11.1. The Morgan fingerprint density at radius 2 is 2.16 bits per heavy atom. The van der Waals surface area contributed by atoms with Crippen LogP contribution < -0.4 is 10.5 Å². The van der Waals surface area contributed by atoms with E-state index in [0.29, 0.717) is 16.5 Å². The van der Waals surface area contributed by atoms with Crippen LogP contribution in [0.4, 0.5) is 0 Å². The third-order valence-corrected chi connectivity index (χ3v) is 5.53. The molecule has 1 aliphatic rings. The summed E-state index contributed by atoms with van der Waals surface area (Å²) in [4.78, 5) is 0.238. The normalized spacial score (nSPS) is 22.5. The lowest BCUT2D eigenvalue weighted by Crippen LogP contribution is -2.28. The zero-order chi connectivity index (χ0) is 14.2. The predicted molar refractivity (Wildman–Crippen MR) is 76.6 cm³/mol. The van der Waals surface area contributed by atoms with Gasteiger partial charge in [-0.2, -0.15) is 0 Å². The summed E-state index contributed by atoms with van der Waals surface area (Å²) in [5, 5.41) is 0.397. The second-order valence-corrected chi connectivity index (χ2v) is 7.14. The number of hydrogen-bond acceptors (Lipinski definition) is 3. The average molecular weight is 303 g/mol. The molecule has 106 valence electrons. The van der Waals surface area contributed by atoms with E-state index in [9.17, 15) is 8.42 Å². The second kappa shape index (κ2) is 5.40. The van der Waals surface area contributed by atoms with Crippen molar-refractivity contribution >= 4 is 21.6 Å². The number of hydrogen-bond donors (Lipinski definition) is 2. The van der Waals surface area contributed by atoms with Gasteiger partial charge in [0.15, 0.2) is 0 Å². The molecule has 1 aromatic rings. The van der Waals surface area contributed by atoms with Crippen molar-refractivity contribution < 1.29 is 8.42 Å². The molecular formula is C13H19ClN2O2S. The lowest BCUT2D eigenvalue weighted by Gasteiger charge is -2.12. The first-order chi connectivity index (χ1) is 8.89. The molecule has 2 unspecified atom stereocenters. The molecule has 2 rings (SSSR count). The van der Waals surface area contributed by atoms with E-state index >= 15 is 0 Å². The summed E-state index contributed by atoms with van der Waals surface area (Å²) in [5.74, 6) is 0.461. The van der Waals surface area contributed by atoms with Crippen LogP contribution in [0.1, 0.15) is 30.9 Å². The highest BCUT2D eigenvalue weighted by Crippen LogP contribution is 2.35. The summed E-state index contributed by atoms with van der Waals surface area (Å²) in [6.07, 6.45) is 1.91. The van der Waals surface area contributed by atoms with Gasteiger partial charge in [-0.3, -0.25) is 0 Å². The number of sulfonamides is 1. The van der Waals surface area contributed by atoms with Gasteiger partial charge in [-0.05, 0) is 42.5 Å². The smallest absolute Gasteiger partial charge is 0.241 e. The Labute approximate surface area is 119 Å². The number of nitrogens with two attached hydrogens (primary N) is 1. The molecule has 2 atom stereocenters. The van der Waals surface area contributed by atoms with Crippen molar-refractivity contribution in [3.63, 3.8) is 0 Å². The topological polar surface area (TPSA) is 72.2 Å². The maximum atomic E-state index is 12.4. The summed E-state index contributed by atoms with van der Waals surface area (Å²) in [5.41, 5.74) is 7.05. The molecule has 6 heteroatoms. The highest BCUT2D eigenvalue weighted by Gasteiger charge is 2.39. The summed E-state index contributed by atoms with van der Waals surface area (Å²) in [6, 6.07) is 3.26. The molecule has 1 aromatic carbocycles. The van der Waals surface area contributed by atoms with Crippen molar-refractivity contribution in [2.45, 2.75) is 44.2 Å². The van der Waals surface area contributed by atoms with Gasteiger partial charge in [0.05, 0.1) is 4.90 Å². The van der Waals surface area contributed by atoms with E-state index in [0.717, 1.165) is 18.4 Å². The number of nitrogens with one attached hydrogen (secondary N) is 1. The number of benzene rings is 1. The molecule has 0 heterocycles. The molecule has 0 amide bonds. The molecule has 0 spiro atoms. The van der Waals surface area contributed by atoms with Crippen LogP contribution in [0.3, 0.4) is 0 Å². The van der Waals surface area contributed by atoms with Crippen LogP contribution in [0.15, 0.2) is 17.0 Å². The summed E-state index contributed by atoms with van der Waals surface area (Å²) >= 11 is 5.97. The molecular weight excluding hydrogens is 284 g/mol. The minimum absolute atomic E-state index is 0.0645. The van der Waals surface area contributed by atoms with Crippen molar-refractivity contribution in [1.82, 2.24) is 4.72 Å². The maximum absolute atomic E-state index is 12.4. The standard InChI is InChI=1S/C13H19ClN2O2S/c1-3-9-5-12(9)16-19(17,18)13-6-11(14)4-10(7-15)8(13)2/h4,6,9,12,16H,3,5,7,15H2,1-2H3. The molecule has 1 fully saturated rings. The highest BCUT2D eigenvalue weighted by atomic mass is 35.5. The Hall–Kier alpha value is -0.620. The fourth-order valence-electron chi connectivity index (χ4n) is 2.31. The van der Waals surface area contributed by atoms with Gasteiger partial charge in [0.1, 0.15) is 0 Å². The van der Waals surface area contributed by atoms with Gasteiger partial charge in [0.2, 0.25) is 10.0 Å². The highest BCUT2D eigenvalue weighted by molar-refractivity contribution is 7.89. The molecule has 0 saturated heterocycles. The Kier molecular flexibility index (Phi) is 4.20. The Morgan fingerprint density at radius 1 is 1.47 bits per heavy atom. The van der Waals surface area contributed by atoms with Gasteiger partial charge in [-0.15, -0.1) is 0 Å². The number of rotatable bonds is 5. The predicted octanol–water partition coefficient (Wildman–Crippen LogP) is 2.18. The van der Waals surface area contributed by atoms with Gasteiger partial charge in [0, 0.05) is 17.6 Å². The molecule has 1 aliphatic carbocycles. The van der Waals surface area contributed by atoms with Crippen LogP contribution in [-0.4, -0.2) is 14.5 Å². The molecule has 0 aromatic heterocycles. The SMILES string of the molecule is CCC1CC1NS(=O)(=O)c1cc(Cl)cc(CN)c1C.